The van der Waals surface area contributed by atoms with E-state index in [1.165, 1.54) is 6.92 Å². The molecular weight excluding hydrogens is 1010 g/mol. The zero-order chi connectivity index (χ0) is 55.1. The lowest BCUT2D eigenvalue weighted by molar-refractivity contribution is -0.392. The highest BCUT2D eigenvalue weighted by Crippen LogP contribution is 2.71. The van der Waals surface area contributed by atoms with E-state index in [0.717, 1.165) is 32.1 Å². The topological polar surface area (TPSA) is 376 Å². The molecule has 0 aromatic rings. The molecule has 1 unspecified atom stereocenters. The Balaban J connectivity index is 0.855. The average molecular weight is 1100 g/mol. The molecule has 9 fully saturated rings. The van der Waals surface area contributed by atoms with Gasteiger partial charge in [-0.3, -0.25) is 0 Å². The van der Waals surface area contributed by atoms with Crippen LogP contribution in [0.4, 0.5) is 0 Å². The van der Waals surface area contributed by atoms with E-state index in [0.29, 0.717) is 43.4 Å². The Hall–Kier alpha value is -0.960. The van der Waals surface area contributed by atoms with Gasteiger partial charge in [-0.25, -0.2) is 0 Å². The Labute approximate surface area is 443 Å². The van der Waals surface area contributed by atoms with Crippen LogP contribution in [0, 0.1) is 52.3 Å². The third-order valence-electron chi connectivity index (χ3n) is 20.4. The molecule has 5 saturated heterocycles. The molecule has 0 bridgehead atoms. The first kappa shape index (κ1) is 59.7. The standard InChI is InChI=1S/C52H88O24/c1-20(19-68-46-40(63)38(61)35(58)30(16-53)71-46)9-12-52(67-6)21(2)33-29(76-52)14-26-24-8-7-23-13-28(27(56)15-51(23,5)25(24)10-11-50(26,33)4)70-49-45(75-47-41(64)37(60)34(57)22(3)69-47)43(66)44(32(18-55)73-49)74-48-42(65)39(62)36(59)31(17-54)72-48/h20-49,53-66H,7-19H2,1-6H3/t20-,21+,22+,23+,24-,25+,26+,27-,28-,29+,30-,31-,32-,33+,34+,35-,36-,37-,38+,39+,40-,41-,42-,43+,44+,45-,46-,47+,48+,49-,50+,51+,52?/m1/s1. The lowest BCUT2D eigenvalue weighted by Crippen LogP contribution is -2.67. The summed E-state index contributed by atoms with van der Waals surface area (Å²) in [7, 11) is 1.70. The molecular formula is C52H88O24. The van der Waals surface area contributed by atoms with Gasteiger partial charge in [0.15, 0.2) is 30.9 Å². The van der Waals surface area contributed by atoms with Gasteiger partial charge < -0.3 is 119 Å². The van der Waals surface area contributed by atoms with Gasteiger partial charge in [0.05, 0.1) is 50.8 Å². The summed E-state index contributed by atoms with van der Waals surface area (Å²) in [6.45, 7) is 8.50. The van der Waals surface area contributed by atoms with Crippen LogP contribution in [-0.2, 0) is 47.4 Å². The molecule has 0 spiro atoms. The van der Waals surface area contributed by atoms with E-state index < -0.39 is 161 Å². The fourth-order valence-electron chi connectivity index (χ4n) is 16.0. The SMILES string of the molecule is COC1(CC[C@@H](C)CO[C@@H]2O[C@H](CO)[C@@H](O)[C@H](O)[C@H]2O)O[C@H]2C[C@H]3[C@@H]4CC[C@H]5C[C@@H](O[C@@H]6O[C@H](CO)[C@H](O[C@@H]7O[C@H](CO)[C@@H](O)[C@H](O)[C@H]7O)[C@H](O)[C@H]6O[C@@H]6O[C@@H](C)[C@H](O)[C@@H](O)[C@H]6O)[C@H](O)C[C@]5(C)[C@H]4CC[C@]3(C)[C@H]2[C@@H]1C. The molecule has 4 saturated carbocycles. The van der Waals surface area contributed by atoms with E-state index in [9.17, 15) is 71.5 Å². The third kappa shape index (κ3) is 10.5. The van der Waals surface area contributed by atoms with Gasteiger partial charge in [0.1, 0.15) is 91.6 Å². The third-order valence-corrected chi connectivity index (χ3v) is 20.4. The average Bonchev–Trinajstić information content (AvgIpc) is 4.02. The maximum Gasteiger partial charge on any atom is 0.187 e. The number of methoxy groups -OCH3 is 1. The first-order valence-electron chi connectivity index (χ1n) is 27.7. The van der Waals surface area contributed by atoms with Gasteiger partial charge >= 0.3 is 0 Å². The van der Waals surface area contributed by atoms with Crippen molar-refractivity contribution in [3.63, 3.8) is 0 Å². The van der Waals surface area contributed by atoms with Crippen LogP contribution < -0.4 is 0 Å². The second kappa shape index (κ2) is 23.4. The minimum absolute atomic E-state index is 0.0183. The van der Waals surface area contributed by atoms with Gasteiger partial charge in [-0.2, -0.15) is 0 Å². The molecule has 0 aromatic heterocycles. The van der Waals surface area contributed by atoms with Crippen molar-refractivity contribution in [1.29, 1.82) is 0 Å². The zero-order valence-electron chi connectivity index (χ0n) is 44.4. The largest absolute Gasteiger partial charge is 0.394 e. The van der Waals surface area contributed by atoms with Crippen molar-refractivity contribution in [1.82, 2.24) is 0 Å². The Kier molecular flexibility index (Phi) is 18.3. The summed E-state index contributed by atoms with van der Waals surface area (Å²) < 4.78 is 61.0. The van der Waals surface area contributed by atoms with E-state index in [2.05, 4.69) is 20.8 Å². The number of fused-ring (bicyclic) bond motifs is 7. The van der Waals surface area contributed by atoms with Crippen LogP contribution in [0.3, 0.4) is 0 Å². The molecule has 33 atom stereocenters. The van der Waals surface area contributed by atoms with Gasteiger partial charge in [0.2, 0.25) is 0 Å². The number of hydrogen-bond donors (Lipinski definition) is 14. The van der Waals surface area contributed by atoms with Gasteiger partial charge in [-0.1, -0.05) is 27.7 Å². The van der Waals surface area contributed by atoms with Crippen molar-refractivity contribution < 1.29 is 119 Å². The molecule has 0 amide bonds. The second-order valence-corrected chi connectivity index (χ2v) is 24.6. The van der Waals surface area contributed by atoms with Crippen molar-refractivity contribution in [2.75, 3.05) is 33.5 Å². The van der Waals surface area contributed by atoms with Crippen molar-refractivity contribution in [2.24, 2.45) is 52.3 Å². The van der Waals surface area contributed by atoms with E-state index >= 15 is 0 Å². The molecule has 24 nitrogen and oxygen atoms in total. The van der Waals surface area contributed by atoms with E-state index in [4.69, 9.17) is 47.4 Å². The van der Waals surface area contributed by atoms with E-state index in [1.54, 1.807) is 7.11 Å². The molecule has 9 rings (SSSR count). The smallest absolute Gasteiger partial charge is 0.187 e. The molecule has 440 valence electrons. The highest BCUT2D eigenvalue weighted by Gasteiger charge is 2.69. The normalized spacial score (nSPS) is 55.8. The molecule has 9 aliphatic rings. The molecule has 24 heteroatoms. The maximum atomic E-state index is 12.2. The Morgan fingerprint density at radius 2 is 1.16 bits per heavy atom. The van der Waals surface area contributed by atoms with Gasteiger partial charge in [0.25, 0.3) is 0 Å². The fraction of sp³-hybridized carbons (Fsp3) is 1.00. The van der Waals surface area contributed by atoms with Crippen molar-refractivity contribution in [3.05, 3.63) is 0 Å². The van der Waals surface area contributed by atoms with Crippen molar-refractivity contribution in [3.8, 4) is 0 Å². The van der Waals surface area contributed by atoms with Crippen LogP contribution in [0.2, 0.25) is 0 Å². The predicted molar refractivity (Wildman–Crippen MR) is 256 cm³/mol. The van der Waals surface area contributed by atoms with Crippen LogP contribution in [0.5, 0.6) is 0 Å². The Morgan fingerprint density at radius 3 is 1.79 bits per heavy atom. The highest BCUT2D eigenvalue weighted by atomic mass is 16.8. The summed E-state index contributed by atoms with van der Waals surface area (Å²) in [5, 5.41) is 149. The molecule has 0 aromatic carbocycles. The van der Waals surface area contributed by atoms with Crippen molar-refractivity contribution >= 4 is 0 Å². The van der Waals surface area contributed by atoms with Gasteiger partial charge in [-0.15, -0.1) is 0 Å². The summed E-state index contributed by atoms with van der Waals surface area (Å²) in [4.78, 5) is 0. The van der Waals surface area contributed by atoms with Crippen LogP contribution in [0.15, 0.2) is 0 Å². The van der Waals surface area contributed by atoms with Crippen LogP contribution >= 0.6 is 0 Å². The monoisotopic (exact) mass is 1100 g/mol. The summed E-state index contributed by atoms with van der Waals surface area (Å²) in [5.74, 6) is 0.611. The molecule has 0 radical (unpaired) electrons. The molecule has 4 aliphatic carbocycles. The van der Waals surface area contributed by atoms with Crippen LogP contribution in [-0.4, -0.2) is 252 Å². The minimum Gasteiger partial charge on any atom is -0.394 e. The summed E-state index contributed by atoms with van der Waals surface area (Å²) in [6, 6.07) is 0. The second-order valence-electron chi connectivity index (χ2n) is 24.6. The first-order valence-corrected chi connectivity index (χ1v) is 27.7. The van der Waals surface area contributed by atoms with Gasteiger partial charge in [0, 0.05) is 19.4 Å². The zero-order valence-corrected chi connectivity index (χ0v) is 44.4. The molecule has 14 N–H and O–H groups in total. The van der Waals surface area contributed by atoms with Gasteiger partial charge in [-0.05, 0) is 105 Å². The van der Waals surface area contributed by atoms with Crippen LogP contribution in [0.1, 0.15) is 92.4 Å². The minimum atomic E-state index is -1.88. The summed E-state index contributed by atoms with van der Waals surface area (Å²) in [5.41, 5.74) is -0.305. The van der Waals surface area contributed by atoms with E-state index in [1.807, 2.05) is 6.92 Å². The first-order chi connectivity index (χ1) is 36.0. The number of aliphatic hydroxyl groups excluding tert-OH is 14. The van der Waals surface area contributed by atoms with Crippen LogP contribution in [0.25, 0.3) is 0 Å². The predicted octanol–water partition coefficient (Wildman–Crippen LogP) is -3.30. The number of aliphatic hydroxyl groups is 14. The quantitative estimate of drug-likeness (QED) is 0.0673. The Bertz CT molecular complexity index is 1910. The lowest BCUT2D eigenvalue weighted by Gasteiger charge is -2.62. The number of rotatable bonds is 16. The highest BCUT2D eigenvalue weighted by molar-refractivity contribution is 5.16. The summed E-state index contributed by atoms with van der Waals surface area (Å²) in [6.07, 6.45) is -26.2. The van der Waals surface area contributed by atoms with Crippen molar-refractivity contribution in [2.45, 2.75) is 239 Å². The molecule has 5 heterocycles. The lowest BCUT2D eigenvalue weighted by atomic mass is 9.44. The molecule has 5 aliphatic heterocycles. The molecule has 76 heavy (non-hydrogen) atoms. The maximum absolute atomic E-state index is 12.2. The fourth-order valence-corrected chi connectivity index (χ4v) is 16.0. The Morgan fingerprint density at radius 1 is 0.579 bits per heavy atom. The number of hydrogen-bond acceptors (Lipinski definition) is 24. The summed E-state index contributed by atoms with van der Waals surface area (Å²) >= 11 is 0. The number of ether oxygens (including phenoxy) is 10. The van der Waals surface area contributed by atoms with E-state index in [-0.39, 0.29) is 47.2 Å².